The van der Waals surface area contributed by atoms with Crippen LogP contribution in [0.15, 0.2) is 53.0 Å². The maximum Gasteiger partial charge on any atom is 0.223 e. The molecule has 4 nitrogen and oxygen atoms in total. The third-order valence-corrected chi connectivity index (χ3v) is 6.28. The van der Waals surface area contributed by atoms with Crippen molar-refractivity contribution in [2.75, 3.05) is 31.1 Å². The van der Waals surface area contributed by atoms with Gasteiger partial charge >= 0.3 is 0 Å². The molecule has 4 rings (SSSR count). The number of thiazole rings is 1. The number of aryl methyl sites for hydroxylation is 1. The topological polar surface area (TPSA) is 36.4 Å². The molecule has 1 aliphatic rings. The van der Waals surface area contributed by atoms with Crippen LogP contribution in [0.1, 0.15) is 12.0 Å². The number of anilines is 1. The van der Waals surface area contributed by atoms with Gasteiger partial charge in [-0.15, -0.1) is 0 Å². The predicted octanol–water partition coefficient (Wildman–Crippen LogP) is 4.34. The smallest absolute Gasteiger partial charge is 0.223 e. The van der Waals surface area contributed by atoms with Crippen LogP contribution in [-0.2, 0) is 11.2 Å². The van der Waals surface area contributed by atoms with Crippen LogP contribution in [0.2, 0.25) is 0 Å². The van der Waals surface area contributed by atoms with Crippen molar-refractivity contribution in [3.63, 3.8) is 0 Å². The summed E-state index contributed by atoms with van der Waals surface area (Å²) in [5, 5.41) is 1.05. The molecule has 1 aliphatic heterocycles. The van der Waals surface area contributed by atoms with Crippen molar-refractivity contribution < 1.29 is 4.79 Å². The van der Waals surface area contributed by atoms with Crippen molar-refractivity contribution in [3.05, 3.63) is 58.6 Å². The number of rotatable bonds is 4. The molecule has 0 atom stereocenters. The number of halogens is 1. The first kappa shape index (κ1) is 17.5. The standard InChI is InChI=1S/C20H20BrN3OS/c21-16-7-8-17-18(14-16)26-20(22-17)24-12-10-23(11-13-24)19(25)9-6-15-4-2-1-3-5-15/h1-5,7-8,14H,6,9-13H2. The molecule has 0 unspecified atom stereocenters. The van der Waals surface area contributed by atoms with Gasteiger partial charge < -0.3 is 9.80 Å². The van der Waals surface area contributed by atoms with Crippen LogP contribution < -0.4 is 4.90 Å². The van der Waals surface area contributed by atoms with Gasteiger partial charge in [-0.25, -0.2) is 4.98 Å². The van der Waals surface area contributed by atoms with E-state index in [-0.39, 0.29) is 5.91 Å². The number of aromatic nitrogens is 1. The molecule has 0 N–H and O–H groups in total. The van der Waals surface area contributed by atoms with E-state index in [0.29, 0.717) is 6.42 Å². The molecule has 0 radical (unpaired) electrons. The number of amides is 1. The van der Waals surface area contributed by atoms with Crippen LogP contribution in [0.3, 0.4) is 0 Å². The second-order valence-electron chi connectivity index (χ2n) is 6.46. The Morgan fingerprint density at radius 3 is 2.62 bits per heavy atom. The van der Waals surface area contributed by atoms with E-state index in [1.54, 1.807) is 11.3 Å². The van der Waals surface area contributed by atoms with E-state index in [9.17, 15) is 4.79 Å². The van der Waals surface area contributed by atoms with E-state index in [2.05, 4.69) is 39.0 Å². The molecule has 0 spiro atoms. The molecule has 0 aliphatic carbocycles. The Morgan fingerprint density at radius 2 is 1.85 bits per heavy atom. The third-order valence-electron chi connectivity index (χ3n) is 4.71. The average Bonchev–Trinajstić information content (AvgIpc) is 3.10. The maximum atomic E-state index is 12.5. The fourth-order valence-electron chi connectivity index (χ4n) is 3.22. The first-order valence-electron chi connectivity index (χ1n) is 8.82. The summed E-state index contributed by atoms with van der Waals surface area (Å²) in [5.41, 5.74) is 2.26. The molecule has 0 saturated carbocycles. The van der Waals surface area contributed by atoms with Gasteiger partial charge in [0, 0.05) is 37.1 Å². The highest BCUT2D eigenvalue weighted by atomic mass is 79.9. The largest absolute Gasteiger partial charge is 0.345 e. The Kier molecular flexibility index (Phi) is 5.22. The SMILES string of the molecule is O=C(CCc1ccccc1)N1CCN(c2nc3ccc(Br)cc3s2)CC1. The Hall–Kier alpha value is -1.92. The lowest BCUT2D eigenvalue weighted by Gasteiger charge is -2.34. The normalized spacial score (nSPS) is 14.8. The lowest BCUT2D eigenvalue weighted by atomic mass is 10.1. The number of fused-ring (bicyclic) bond motifs is 1. The fourth-order valence-corrected chi connectivity index (χ4v) is 4.79. The average molecular weight is 430 g/mol. The van der Waals surface area contributed by atoms with Crippen molar-refractivity contribution in [2.24, 2.45) is 0 Å². The molecule has 1 aromatic heterocycles. The quantitative estimate of drug-likeness (QED) is 0.618. The number of hydrogen-bond donors (Lipinski definition) is 0. The van der Waals surface area contributed by atoms with Gasteiger partial charge in [0.15, 0.2) is 5.13 Å². The maximum absolute atomic E-state index is 12.5. The third kappa shape index (κ3) is 3.91. The number of nitrogens with zero attached hydrogens (tertiary/aromatic N) is 3. The fraction of sp³-hybridized carbons (Fsp3) is 0.300. The molecule has 6 heteroatoms. The number of piperazine rings is 1. The highest BCUT2D eigenvalue weighted by molar-refractivity contribution is 9.10. The molecule has 1 saturated heterocycles. The minimum absolute atomic E-state index is 0.252. The van der Waals surface area contributed by atoms with Crippen LogP contribution in [0.25, 0.3) is 10.2 Å². The van der Waals surface area contributed by atoms with Crippen LogP contribution >= 0.6 is 27.3 Å². The molecule has 1 fully saturated rings. The lowest BCUT2D eigenvalue weighted by Crippen LogP contribution is -2.48. The Labute approximate surface area is 165 Å². The van der Waals surface area contributed by atoms with E-state index in [1.165, 1.54) is 10.3 Å². The summed E-state index contributed by atoms with van der Waals surface area (Å²) in [7, 11) is 0. The van der Waals surface area contributed by atoms with Crippen LogP contribution in [0, 0.1) is 0 Å². The molecule has 134 valence electrons. The minimum atomic E-state index is 0.252. The van der Waals surface area contributed by atoms with Gasteiger partial charge in [-0.3, -0.25) is 4.79 Å². The highest BCUT2D eigenvalue weighted by Crippen LogP contribution is 2.31. The van der Waals surface area contributed by atoms with Crippen LogP contribution in [0.4, 0.5) is 5.13 Å². The first-order valence-corrected chi connectivity index (χ1v) is 10.4. The molecule has 3 aromatic rings. The Morgan fingerprint density at radius 1 is 1.08 bits per heavy atom. The zero-order valence-electron chi connectivity index (χ0n) is 14.4. The second kappa shape index (κ2) is 7.76. The second-order valence-corrected chi connectivity index (χ2v) is 8.39. The summed E-state index contributed by atoms with van der Waals surface area (Å²) in [5.74, 6) is 0.252. The summed E-state index contributed by atoms with van der Waals surface area (Å²) in [6.45, 7) is 3.23. The van der Waals surface area contributed by atoms with Gasteiger partial charge in [0.2, 0.25) is 5.91 Å². The summed E-state index contributed by atoms with van der Waals surface area (Å²) in [6, 6.07) is 16.4. The monoisotopic (exact) mass is 429 g/mol. The molecule has 2 aromatic carbocycles. The van der Waals surface area contributed by atoms with Gasteiger partial charge in [-0.05, 0) is 30.2 Å². The van der Waals surface area contributed by atoms with Crippen molar-refractivity contribution in [1.82, 2.24) is 9.88 Å². The zero-order chi connectivity index (χ0) is 17.9. The summed E-state index contributed by atoms with van der Waals surface area (Å²) >= 11 is 5.23. The number of benzene rings is 2. The van der Waals surface area contributed by atoms with Crippen LogP contribution in [-0.4, -0.2) is 42.0 Å². The van der Waals surface area contributed by atoms with Crippen molar-refractivity contribution in [1.29, 1.82) is 0 Å². The van der Waals surface area contributed by atoms with E-state index in [0.717, 1.165) is 47.7 Å². The van der Waals surface area contributed by atoms with Crippen molar-refractivity contribution in [3.8, 4) is 0 Å². The molecule has 26 heavy (non-hydrogen) atoms. The molecular formula is C20H20BrN3OS. The Balaban J connectivity index is 1.33. The summed E-state index contributed by atoms with van der Waals surface area (Å²) in [4.78, 5) is 21.5. The van der Waals surface area contributed by atoms with Gasteiger partial charge in [0.05, 0.1) is 10.2 Å². The molecule has 0 bridgehead atoms. The number of carbonyl (C=O) groups is 1. The van der Waals surface area contributed by atoms with Gasteiger partial charge in [-0.2, -0.15) is 0 Å². The highest BCUT2D eigenvalue weighted by Gasteiger charge is 2.22. The van der Waals surface area contributed by atoms with E-state index >= 15 is 0 Å². The van der Waals surface area contributed by atoms with Gasteiger partial charge in [-0.1, -0.05) is 57.6 Å². The molecule has 1 amide bonds. The molecule has 2 heterocycles. The minimum Gasteiger partial charge on any atom is -0.345 e. The van der Waals surface area contributed by atoms with E-state index in [1.807, 2.05) is 35.2 Å². The summed E-state index contributed by atoms with van der Waals surface area (Å²) < 4.78 is 2.27. The number of carbonyl (C=O) groups excluding carboxylic acids is 1. The van der Waals surface area contributed by atoms with Gasteiger partial charge in [0.1, 0.15) is 0 Å². The van der Waals surface area contributed by atoms with Crippen LogP contribution in [0.5, 0.6) is 0 Å². The molecular weight excluding hydrogens is 410 g/mol. The van der Waals surface area contributed by atoms with E-state index in [4.69, 9.17) is 4.98 Å². The Bertz CT molecular complexity index is 904. The van der Waals surface area contributed by atoms with Crippen molar-refractivity contribution >= 4 is 48.5 Å². The first-order chi connectivity index (χ1) is 12.7. The lowest BCUT2D eigenvalue weighted by molar-refractivity contribution is -0.131. The zero-order valence-corrected chi connectivity index (χ0v) is 16.8. The van der Waals surface area contributed by atoms with Gasteiger partial charge in [0.25, 0.3) is 0 Å². The summed E-state index contributed by atoms with van der Waals surface area (Å²) in [6.07, 6.45) is 1.39. The van der Waals surface area contributed by atoms with Crippen molar-refractivity contribution in [2.45, 2.75) is 12.8 Å². The van der Waals surface area contributed by atoms with E-state index < -0.39 is 0 Å². The number of hydrogen-bond acceptors (Lipinski definition) is 4. The predicted molar refractivity (Wildman–Crippen MR) is 111 cm³/mol.